The Labute approximate surface area is 100 Å². The Morgan fingerprint density at radius 3 is 2.76 bits per heavy atom. The summed E-state index contributed by atoms with van der Waals surface area (Å²) in [7, 11) is 2.01. The van der Waals surface area contributed by atoms with Crippen molar-refractivity contribution >= 4 is 5.97 Å². The minimum absolute atomic E-state index is 0.0497. The van der Waals surface area contributed by atoms with Crippen LogP contribution in [0.4, 0.5) is 4.39 Å². The molecule has 92 valence electrons. The normalized spacial score (nSPS) is 21.2. The number of carbonyl (C=O) groups excluding carboxylic acids is 1. The number of carbonyl (C=O) groups is 1. The van der Waals surface area contributed by atoms with E-state index >= 15 is 0 Å². The van der Waals surface area contributed by atoms with Gasteiger partial charge in [0, 0.05) is 6.54 Å². The second-order valence-electron chi connectivity index (χ2n) is 4.44. The van der Waals surface area contributed by atoms with E-state index in [4.69, 9.17) is 4.74 Å². The zero-order valence-corrected chi connectivity index (χ0v) is 9.86. The smallest absolute Gasteiger partial charge is 0.338 e. The van der Waals surface area contributed by atoms with E-state index in [1.165, 1.54) is 24.3 Å². The van der Waals surface area contributed by atoms with Crippen molar-refractivity contribution in [3.8, 4) is 0 Å². The molecule has 1 unspecified atom stereocenters. The van der Waals surface area contributed by atoms with Gasteiger partial charge in [-0.3, -0.25) is 0 Å². The molecule has 1 heterocycles. The molecule has 17 heavy (non-hydrogen) atoms. The molecule has 0 amide bonds. The third-order valence-corrected chi connectivity index (χ3v) is 2.93. The zero-order chi connectivity index (χ0) is 12.3. The Hall–Kier alpha value is -1.42. The van der Waals surface area contributed by atoms with Crippen LogP contribution >= 0.6 is 0 Å². The summed E-state index contributed by atoms with van der Waals surface area (Å²) in [5, 5.41) is 0. The largest absolute Gasteiger partial charge is 0.457 e. The Morgan fingerprint density at radius 2 is 2.12 bits per heavy atom. The first-order valence-corrected chi connectivity index (χ1v) is 5.80. The molecule has 1 fully saturated rings. The molecule has 2 rings (SSSR count). The number of hydrogen-bond donors (Lipinski definition) is 0. The second kappa shape index (κ2) is 5.27. The lowest BCUT2D eigenvalue weighted by Crippen LogP contribution is -2.38. The van der Waals surface area contributed by atoms with Crippen molar-refractivity contribution in [2.75, 3.05) is 20.1 Å². The second-order valence-corrected chi connectivity index (χ2v) is 4.44. The predicted molar refractivity (Wildman–Crippen MR) is 62.3 cm³/mol. The third kappa shape index (κ3) is 3.27. The summed E-state index contributed by atoms with van der Waals surface area (Å²) < 4.78 is 18.1. The van der Waals surface area contributed by atoms with E-state index in [0.717, 1.165) is 25.9 Å². The third-order valence-electron chi connectivity index (χ3n) is 2.93. The molecule has 1 aromatic rings. The van der Waals surface area contributed by atoms with E-state index in [1.54, 1.807) is 0 Å². The quantitative estimate of drug-likeness (QED) is 0.737. The number of nitrogens with zero attached hydrogens (tertiary/aromatic N) is 1. The molecule has 0 aromatic heterocycles. The van der Waals surface area contributed by atoms with E-state index in [0.29, 0.717) is 5.56 Å². The average Bonchev–Trinajstić information content (AvgIpc) is 2.29. The standard InChI is InChI=1S/C13H16FNO2/c1-15-8-2-3-12(9-15)17-13(16)10-4-6-11(14)7-5-10/h4-7,12H,2-3,8-9H2,1H3. The van der Waals surface area contributed by atoms with Crippen LogP contribution < -0.4 is 0 Å². The first-order chi connectivity index (χ1) is 8.15. The van der Waals surface area contributed by atoms with Gasteiger partial charge in [0.2, 0.25) is 0 Å². The van der Waals surface area contributed by atoms with Gasteiger partial charge in [-0.15, -0.1) is 0 Å². The maximum Gasteiger partial charge on any atom is 0.338 e. The van der Waals surface area contributed by atoms with Crippen molar-refractivity contribution in [3.63, 3.8) is 0 Å². The first-order valence-electron chi connectivity index (χ1n) is 5.80. The summed E-state index contributed by atoms with van der Waals surface area (Å²) in [5.74, 6) is -0.718. The number of halogens is 1. The maximum atomic E-state index is 12.7. The molecule has 0 spiro atoms. The first kappa shape index (κ1) is 12.0. The lowest BCUT2D eigenvalue weighted by Gasteiger charge is -2.29. The predicted octanol–water partition coefficient (Wildman–Crippen LogP) is 2.08. The number of esters is 1. The molecule has 0 aliphatic carbocycles. The van der Waals surface area contributed by atoms with Gasteiger partial charge in [0.1, 0.15) is 11.9 Å². The highest BCUT2D eigenvalue weighted by Crippen LogP contribution is 2.14. The Kier molecular flexibility index (Phi) is 3.74. The Balaban J connectivity index is 1.94. The highest BCUT2D eigenvalue weighted by molar-refractivity contribution is 5.89. The van der Waals surface area contributed by atoms with Gasteiger partial charge in [-0.25, -0.2) is 9.18 Å². The van der Waals surface area contributed by atoms with Gasteiger partial charge in [-0.2, -0.15) is 0 Å². The maximum absolute atomic E-state index is 12.7. The molecule has 1 atom stereocenters. The minimum Gasteiger partial charge on any atom is -0.457 e. The molecule has 1 aliphatic rings. The number of hydrogen-bond acceptors (Lipinski definition) is 3. The van der Waals surface area contributed by atoms with Crippen LogP contribution in [0.5, 0.6) is 0 Å². The van der Waals surface area contributed by atoms with Gasteiger partial charge in [0.05, 0.1) is 5.56 Å². The topological polar surface area (TPSA) is 29.5 Å². The molecule has 0 N–H and O–H groups in total. The van der Waals surface area contributed by atoms with Gasteiger partial charge >= 0.3 is 5.97 Å². The van der Waals surface area contributed by atoms with Crippen molar-refractivity contribution in [3.05, 3.63) is 35.6 Å². The lowest BCUT2D eigenvalue weighted by molar-refractivity contribution is 0.0108. The van der Waals surface area contributed by atoms with Gasteiger partial charge < -0.3 is 9.64 Å². The molecule has 0 saturated carbocycles. The van der Waals surface area contributed by atoms with Crippen LogP contribution in [0.3, 0.4) is 0 Å². The van der Waals surface area contributed by atoms with Crippen LogP contribution in [0.25, 0.3) is 0 Å². The van der Waals surface area contributed by atoms with Crippen LogP contribution in [0, 0.1) is 5.82 Å². The zero-order valence-electron chi connectivity index (χ0n) is 9.86. The van der Waals surface area contributed by atoms with Gasteiger partial charge in [-0.1, -0.05) is 0 Å². The SMILES string of the molecule is CN1CCCC(OC(=O)c2ccc(F)cc2)C1. The van der Waals surface area contributed by atoms with Crippen molar-refractivity contribution in [2.24, 2.45) is 0 Å². The monoisotopic (exact) mass is 237 g/mol. The molecule has 1 saturated heterocycles. The molecule has 1 aliphatic heterocycles. The van der Waals surface area contributed by atoms with E-state index < -0.39 is 0 Å². The summed E-state index contributed by atoms with van der Waals surface area (Å²) in [5.41, 5.74) is 0.402. The lowest BCUT2D eigenvalue weighted by atomic mass is 10.1. The highest BCUT2D eigenvalue weighted by Gasteiger charge is 2.21. The van der Waals surface area contributed by atoms with Crippen LogP contribution in [-0.2, 0) is 4.74 Å². The van der Waals surface area contributed by atoms with E-state index in [2.05, 4.69) is 4.90 Å². The number of ether oxygens (including phenoxy) is 1. The average molecular weight is 237 g/mol. The summed E-state index contributed by atoms with van der Waals surface area (Å²) in [6.45, 7) is 1.82. The fourth-order valence-corrected chi connectivity index (χ4v) is 2.02. The number of rotatable bonds is 2. The van der Waals surface area contributed by atoms with Crippen molar-refractivity contribution < 1.29 is 13.9 Å². The molecule has 3 nitrogen and oxygen atoms in total. The number of piperidine rings is 1. The van der Waals surface area contributed by atoms with Gasteiger partial charge in [-0.05, 0) is 50.7 Å². The molecular formula is C13H16FNO2. The summed E-state index contributed by atoms with van der Waals surface area (Å²) in [6, 6.07) is 5.43. The minimum atomic E-state index is -0.370. The van der Waals surface area contributed by atoms with Crippen molar-refractivity contribution in [1.82, 2.24) is 4.90 Å². The van der Waals surface area contributed by atoms with Crippen molar-refractivity contribution in [2.45, 2.75) is 18.9 Å². The highest BCUT2D eigenvalue weighted by atomic mass is 19.1. The Morgan fingerprint density at radius 1 is 1.41 bits per heavy atom. The summed E-state index contributed by atoms with van der Waals surface area (Å²) in [4.78, 5) is 13.9. The number of benzene rings is 1. The van der Waals surface area contributed by atoms with Crippen LogP contribution in [0.15, 0.2) is 24.3 Å². The van der Waals surface area contributed by atoms with Crippen LogP contribution in [-0.4, -0.2) is 37.1 Å². The van der Waals surface area contributed by atoms with E-state index in [1.807, 2.05) is 7.05 Å². The van der Waals surface area contributed by atoms with Crippen LogP contribution in [0.1, 0.15) is 23.2 Å². The van der Waals surface area contributed by atoms with E-state index in [-0.39, 0.29) is 17.9 Å². The fraction of sp³-hybridized carbons (Fsp3) is 0.462. The van der Waals surface area contributed by atoms with E-state index in [9.17, 15) is 9.18 Å². The van der Waals surface area contributed by atoms with Gasteiger partial charge in [0.15, 0.2) is 0 Å². The van der Waals surface area contributed by atoms with Crippen molar-refractivity contribution in [1.29, 1.82) is 0 Å². The fourth-order valence-electron chi connectivity index (χ4n) is 2.02. The molecular weight excluding hydrogens is 221 g/mol. The Bertz CT molecular complexity index is 391. The van der Waals surface area contributed by atoms with Gasteiger partial charge in [0.25, 0.3) is 0 Å². The molecule has 0 bridgehead atoms. The molecule has 0 radical (unpaired) electrons. The molecule has 1 aromatic carbocycles. The summed E-state index contributed by atoms with van der Waals surface area (Å²) >= 11 is 0. The number of likely N-dealkylation sites (N-methyl/N-ethyl adjacent to an activating group) is 1. The van der Waals surface area contributed by atoms with Crippen LogP contribution in [0.2, 0.25) is 0 Å². The summed E-state index contributed by atoms with van der Waals surface area (Å²) in [6.07, 6.45) is 1.89. The molecule has 4 heteroatoms. The number of likely N-dealkylation sites (tertiary alicyclic amines) is 1.